The Morgan fingerprint density at radius 2 is 1.94 bits per heavy atom. The lowest BCUT2D eigenvalue weighted by Crippen LogP contribution is -2.15. The molecule has 1 N–H and O–H groups in total. The fourth-order valence-corrected chi connectivity index (χ4v) is 1.66. The molecule has 0 aromatic carbocycles. The van der Waals surface area contributed by atoms with Gasteiger partial charge in [0.15, 0.2) is 11.6 Å². The van der Waals surface area contributed by atoms with Crippen molar-refractivity contribution in [3.05, 3.63) is 29.7 Å². The van der Waals surface area contributed by atoms with Gasteiger partial charge in [0.25, 0.3) is 0 Å². The molecule has 0 aliphatic heterocycles. The summed E-state index contributed by atoms with van der Waals surface area (Å²) in [5, 5.41) is 3.07. The van der Waals surface area contributed by atoms with E-state index in [1.165, 1.54) is 0 Å². The Balaban J connectivity index is 2.58. The number of nitrogens with zero attached hydrogens (tertiary/aromatic N) is 2. The molecule has 0 aliphatic rings. The van der Waals surface area contributed by atoms with E-state index >= 15 is 0 Å². The Labute approximate surface area is 107 Å². The Morgan fingerprint density at radius 1 is 1.22 bits per heavy atom. The van der Waals surface area contributed by atoms with Crippen LogP contribution in [0.2, 0.25) is 0 Å². The number of hydrogen-bond donors (Lipinski definition) is 1. The van der Waals surface area contributed by atoms with E-state index in [-0.39, 0.29) is 5.41 Å². The van der Waals surface area contributed by atoms with E-state index in [4.69, 9.17) is 4.42 Å². The molecule has 0 unspecified atom stereocenters. The molecular formula is C14H19N3O. The van der Waals surface area contributed by atoms with Crippen LogP contribution in [0.4, 0.5) is 5.82 Å². The van der Waals surface area contributed by atoms with Crippen molar-refractivity contribution in [3.63, 3.8) is 0 Å². The fourth-order valence-electron chi connectivity index (χ4n) is 1.66. The van der Waals surface area contributed by atoms with Crippen LogP contribution in [0.5, 0.6) is 0 Å². The Kier molecular flexibility index (Phi) is 3.11. The highest BCUT2D eigenvalue weighted by molar-refractivity contribution is 5.55. The summed E-state index contributed by atoms with van der Waals surface area (Å²) in [6.07, 6.45) is 1.66. The number of nitrogens with one attached hydrogen (secondary N) is 1. The van der Waals surface area contributed by atoms with Crippen LogP contribution in [0.15, 0.2) is 22.8 Å². The van der Waals surface area contributed by atoms with Crippen LogP contribution in [0.25, 0.3) is 11.6 Å². The number of hydrogen-bond acceptors (Lipinski definition) is 4. The summed E-state index contributed by atoms with van der Waals surface area (Å²) in [6, 6.07) is 3.89. The maximum atomic E-state index is 5.46. The summed E-state index contributed by atoms with van der Waals surface area (Å²) in [6.45, 7) is 8.39. The summed E-state index contributed by atoms with van der Waals surface area (Å²) in [5.41, 5.74) is 2.01. The Morgan fingerprint density at radius 3 is 2.44 bits per heavy atom. The average Bonchev–Trinajstić information content (AvgIpc) is 2.73. The molecule has 4 nitrogen and oxygen atoms in total. The molecule has 0 aliphatic carbocycles. The van der Waals surface area contributed by atoms with Crippen molar-refractivity contribution in [3.8, 4) is 11.6 Å². The molecule has 0 saturated heterocycles. The number of furan rings is 1. The summed E-state index contributed by atoms with van der Waals surface area (Å²) in [5.74, 6) is 2.17. The maximum absolute atomic E-state index is 5.46. The molecule has 2 rings (SSSR count). The van der Waals surface area contributed by atoms with Gasteiger partial charge in [-0.1, -0.05) is 20.8 Å². The van der Waals surface area contributed by atoms with Crippen molar-refractivity contribution in [2.75, 3.05) is 12.4 Å². The fraction of sp³-hybridized carbons (Fsp3) is 0.429. The smallest absolute Gasteiger partial charge is 0.198 e. The van der Waals surface area contributed by atoms with Gasteiger partial charge in [-0.05, 0) is 18.6 Å². The highest BCUT2D eigenvalue weighted by Crippen LogP contribution is 2.27. The molecule has 0 saturated carbocycles. The molecule has 18 heavy (non-hydrogen) atoms. The molecule has 0 radical (unpaired) electrons. The van der Waals surface area contributed by atoms with Crippen molar-refractivity contribution in [2.24, 2.45) is 0 Å². The monoisotopic (exact) mass is 245 g/mol. The summed E-state index contributed by atoms with van der Waals surface area (Å²) >= 11 is 0. The Bertz CT molecular complexity index is 552. The lowest BCUT2D eigenvalue weighted by molar-refractivity contribution is 0.556. The topological polar surface area (TPSA) is 51.0 Å². The SMILES string of the molecule is CNc1cc(C(C)(C)C)nc(-c2occc2C)n1. The first-order valence-electron chi connectivity index (χ1n) is 6.03. The van der Waals surface area contributed by atoms with Gasteiger partial charge in [-0.3, -0.25) is 0 Å². The van der Waals surface area contributed by atoms with Crippen LogP contribution in [-0.2, 0) is 5.41 Å². The van der Waals surface area contributed by atoms with Gasteiger partial charge in [0.2, 0.25) is 0 Å². The summed E-state index contributed by atoms with van der Waals surface area (Å²) in [7, 11) is 1.85. The van der Waals surface area contributed by atoms with Gasteiger partial charge in [0, 0.05) is 18.5 Å². The molecule has 0 amide bonds. The molecule has 0 spiro atoms. The van der Waals surface area contributed by atoms with Crippen LogP contribution in [0, 0.1) is 6.92 Å². The van der Waals surface area contributed by atoms with Gasteiger partial charge < -0.3 is 9.73 Å². The predicted molar refractivity (Wildman–Crippen MR) is 72.7 cm³/mol. The van der Waals surface area contributed by atoms with Crippen LogP contribution >= 0.6 is 0 Å². The third-order valence-corrected chi connectivity index (χ3v) is 2.82. The lowest BCUT2D eigenvalue weighted by atomic mass is 9.92. The maximum Gasteiger partial charge on any atom is 0.198 e. The first kappa shape index (κ1) is 12.6. The first-order valence-corrected chi connectivity index (χ1v) is 6.03. The first-order chi connectivity index (χ1) is 8.41. The van der Waals surface area contributed by atoms with Crippen molar-refractivity contribution < 1.29 is 4.42 Å². The molecule has 2 aromatic rings. The van der Waals surface area contributed by atoms with Crippen LogP contribution in [-0.4, -0.2) is 17.0 Å². The minimum Gasteiger partial charge on any atom is -0.461 e. The quantitative estimate of drug-likeness (QED) is 0.881. The molecule has 0 bridgehead atoms. The van der Waals surface area contributed by atoms with Gasteiger partial charge in [0.05, 0.1) is 12.0 Å². The van der Waals surface area contributed by atoms with Gasteiger partial charge in [-0.2, -0.15) is 0 Å². The molecule has 2 heterocycles. The second-order valence-corrected chi connectivity index (χ2v) is 5.39. The number of aromatic nitrogens is 2. The van der Waals surface area contributed by atoms with Crippen molar-refractivity contribution in [1.29, 1.82) is 0 Å². The number of rotatable bonds is 2. The zero-order chi connectivity index (χ0) is 13.3. The van der Waals surface area contributed by atoms with Crippen LogP contribution < -0.4 is 5.32 Å². The van der Waals surface area contributed by atoms with E-state index in [0.717, 1.165) is 22.8 Å². The molecular weight excluding hydrogens is 226 g/mol. The second-order valence-electron chi connectivity index (χ2n) is 5.39. The number of anilines is 1. The summed E-state index contributed by atoms with van der Waals surface area (Å²) < 4.78 is 5.46. The second kappa shape index (κ2) is 4.44. The standard InChI is InChI=1S/C14H19N3O/c1-9-6-7-18-12(9)13-16-10(14(2,3)4)8-11(15-5)17-13/h6-8H,1-5H3,(H,15,16,17). The van der Waals surface area contributed by atoms with E-state index < -0.39 is 0 Å². The largest absolute Gasteiger partial charge is 0.461 e. The van der Waals surface area contributed by atoms with E-state index in [9.17, 15) is 0 Å². The van der Waals surface area contributed by atoms with E-state index in [0.29, 0.717) is 5.82 Å². The van der Waals surface area contributed by atoms with Gasteiger partial charge in [0.1, 0.15) is 5.82 Å². The van der Waals surface area contributed by atoms with Gasteiger partial charge >= 0.3 is 0 Å². The molecule has 0 atom stereocenters. The zero-order valence-electron chi connectivity index (χ0n) is 11.5. The summed E-state index contributed by atoms with van der Waals surface area (Å²) in [4.78, 5) is 9.06. The predicted octanol–water partition coefficient (Wildman–Crippen LogP) is 3.38. The third kappa shape index (κ3) is 2.37. The minimum atomic E-state index is -0.0240. The van der Waals surface area contributed by atoms with Crippen LogP contribution in [0.3, 0.4) is 0 Å². The third-order valence-electron chi connectivity index (χ3n) is 2.82. The minimum absolute atomic E-state index is 0.0240. The lowest BCUT2D eigenvalue weighted by Gasteiger charge is -2.19. The normalized spacial score (nSPS) is 11.6. The number of aryl methyl sites for hydroxylation is 1. The average molecular weight is 245 g/mol. The zero-order valence-corrected chi connectivity index (χ0v) is 11.5. The Hall–Kier alpha value is -1.84. The van der Waals surface area contributed by atoms with Gasteiger partial charge in [-0.15, -0.1) is 0 Å². The van der Waals surface area contributed by atoms with Crippen molar-refractivity contribution in [1.82, 2.24) is 9.97 Å². The van der Waals surface area contributed by atoms with Crippen LogP contribution in [0.1, 0.15) is 32.0 Å². The van der Waals surface area contributed by atoms with Crippen molar-refractivity contribution in [2.45, 2.75) is 33.1 Å². The molecule has 4 heteroatoms. The molecule has 0 fully saturated rings. The highest BCUT2D eigenvalue weighted by atomic mass is 16.3. The molecule has 96 valence electrons. The van der Waals surface area contributed by atoms with Crippen molar-refractivity contribution >= 4 is 5.82 Å². The van der Waals surface area contributed by atoms with E-state index in [1.54, 1.807) is 6.26 Å². The van der Waals surface area contributed by atoms with E-state index in [2.05, 4.69) is 36.1 Å². The van der Waals surface area contributed by atoms with Gasteiger partial charge in [-0.25, -0.2) is 9.97 Å². The highest BCUT2D eigenvalue weighted by Gasteiger charge is 2.19. The molecule has 2 aromatic heterocycles. The van der Waals surface area contributed by atoms with E-state index in [1.807, 2.05) is 26.1 Å².